The molecule has 1 aromatic carbocycles. The molecule has 2 radical (unpaired) electrons. The summed E-state index contributed by atoms with van der Waals surface area (Å²) in [5.74, 6) is 0. The Bertz CT molecular complexity index is 675. The Morgan fingerprint density at radius 2 is 1.61 bits per heavy atom. The van der Waals surface area contributed by atoms with E-state index in [1.165, 1.54) is 19.1 Å². The van der Waals surface area contributed by atoms with Crippen molar-refractivity contribution in [2.45, 2.75) is 16.7 Å². The molecule has 0 heterocycles. The normalized spacial score (nSPS) is 11.7. The molecule has 0 aliphatic carbocycles. The van der Waals surface area contributed by atoms with Crippen LogP contribution in [0.25, 0.3) is 5.57 Å². The molecule has 0 amide bonds. The fourth-order valence-electron chi connectivity index (χ4n) is 1.32. The molecule has 18 heavy (non-hydrogen) atoms. The van der Waals surface area contributed by atoms with Crippen LogP contribution >= 0.6 is 0 Å². The van der Waals surface area contributed by atoms with Crippen LogP contribution in [-0.4, -0.2) is 63.7 Å². The molecule has 96 valence electrons. The Hall–Kier alpha value is 0.0397. The van der Waals surface area contributed by atoms with Crippen LogP contribution in [0, 0.1) is 0 Å². The van der Waals surface area contributed by atoms with Gasteiger partial charge in [-0.25, -0.2) is 0 Å². The standard InChI is InChI=1S/C9H10O6S2.Ca/c1-6(2)7-4-3-5-8(16(10,11)12)9(7)17(13,14)15;/h3-5H,1H2,2H3,(H,10,11,12)(H,13,14,15);. The molecule has 0 aliphatic rings. The zero-order valence-corrected chi connectivity index (χ0v) is 13.3. The first kappa shape index (κ1) is 18.0. The molecule has 0 saturated carbocycles. The van der Waals surface area contributed by atoms with Gasteiger partial charge >= 0.3 is 0 Å². The minimum absolute atomic E-state index is 0. The van der Waals surface area contributed by atoms with Crippen LogP contribution in [0.2, 0.25) is 0 Å². The predicted molar refractivity (Wildman–Crippen MR) is 66.5 cm³/mol. The second kappa shape index (κ2) is 6.00. The molecule has 2 N–H and O–H groups in total. The van der Waals surface area contributed by atoms with Gasteiger partial charge in [-0.15, -0.1) is 0 Å². The van der Waals surface area contributed by atoms with E-state index in [2.05, 4.69) is 6.58 Å². The Morgan fingerprint density at radius 3 is 1.94 bits per heavy atom. The van der Waals surface area contributed by atoms with Gasteiger partial charge < -0.3 is 0 Å². The molecule has 1 aromatic rings. The van der Waals surface area contributed by atoms with Crippen molar-refractivity contribution >= 4 is 63.5 Å². The van der Waals surface area contributed by atoms with Gasteiger partial charge in [0.25, 0.3) is 20.2 Å². The number of benzene rings is 1. The van der Waals surface area contributed by atoms with Gasteiger partial charge in [-0.3, -0.25) is 9.11 Å². The van der Waals surface area contributed by atoms with Gasteiger partial charge in [-0.05, 0) is 24.1 Å². The van der Waals surface area contributed by atoms with Crippen LogP contribution in [0.4, 0.5) is 0 Å². The fourth-order valence-corrected chi connectivity index (χ4v) is 3.39. The quantitative estimate of drug-likeness (QED) is 0.631. The Morgan fingerprint density at radius 1 is 1.11 bits per heavy atom. The van der Waals surface area contributed by atoms with Gasteiger partial charge in [0.1, 0.15) is 9.79 Å². The van der Waals surface area contributed by atoms with Crippen molar-refractivity contribution < 1.29 is 25.9 Å². The minimum Gasteiger partial charge on any atom is -0.282 e. The molecule has 0 aliphatic heterocycles. The molecular formula is C9H10CaO6S2. The minimum atomic E-state index is -4.79. The third kappa shape index (κ3) is 4.02. The number of hydrogen-bond acceptors (Lipinski definition) is 4. The molecule has 0 spiro atoms. The van der Waals surface area contributed by atoms with E-state index in [-0.39, 0.29) is 48.9 Å². The Balaban J connectivity index is 0.00000289. The zero-order valence-electron chi connectivity index (χ0n) is 9.49. The maximum Gasteiger partial charge on any atom is 0.296 e. The third-order valence-corrected chi connectivity index (χ3v) is 3.96. The molecule has 9 heteroatoms. The average Bonchev–Trinajstić information content (AvgIpc) is 2.13. The largest absolute Gasteiger partial charge is 0.296 e. The van der Waals surface area contributed by atoms with Crippen LogP contribution < -0.4 is 0 Å². The first-order valence-electron chi connectivity index (χ1n) is 4.29. The number of rotatable bonds is 3. The van der Waals surface area contributed by atoms with Crippen molar-refractivity contribution in [3.63, 3.8) is 0 Å². The van der Waals surface area contributed by atoms with E-state index in [4.69, 9.17) is 9.11 Å². The van der Waals surface area contributed by atoms with Crippen molar-refractivity contribution in [1.29, 1.82) is 0 Å². The summed E-state index contributed by atoms with van der Waals surface area (Å²) in [4.78, 5) is -1.74. The molecule has 0 bridgehead atoms. The van der Waals surface area contributed by atoms with Gasteiger partial charge in [0, 0.05) is 37.7 Å². The molecule has 1 rings (SSSR count). The van der Waals surface area contributed by atoms with Crippen molar-refractivity contribution in [1.82, 2.24) is 0 Å². The van der Waals surface area contributed by atoms with Crippen LogP contribution in [0.3, 0.4) is 0 Å². The van der Waals surface area contributed by atoms with Gasteiger partial charge in [-0.1, -0.05) is 18.7 Å². The van der Waals surface area contributed by atoms with Crippen molar-refractivity contribution in [3.8, 4) is 0 Å². The van der Waals surface area contributed by atoms with Crippen molar-refractivity contribution in [2.75, 3.05) is 0 Å². The molecule has 6 nitrogen and oxygen atoms in total. The van der Waals surface area contributed by atoms with E-state index in [1.807, 2.05) is 0 Å². The summed E-state index contributed by atoms with van der Waals surface area (Å²) in [7, 11) is -9.55. The maximum absolute atomic E-state index is 11.2. The second-order valence-electron chi connectivity index (χ2n) is 3.36. The van der Waals surface area contributed by atoms with E-state index < -0.39 is 30.0 Å². The summed E-state index contributed by atoms with van der Waals surface area (Å²) in [5, 5.41) is 0. The SMILES string of the molecule is C=C(C)c1cccc(S(=O)(=O)O)c1S(=O)(=O)O.[Ca]. The Labute approximate surface area is 135 Å². The number of hydrogen-bond donors (Lipinski definition) is 2. The van der Waals surface area contributed by atoms with Crippen LogP contribution in [-0.2, 0) is 20.2 Å². The monoisotopic (exact) mass is 318 g/mol. The molecule has 0 aromatic heterocycles. The van der Waals surface area contributed by atoms with E-state index in [0.29, 0.717) is 0 Å². The summed E-state index contributed by atoms with van der Waals surface area (Å²) in [5.41, 5.74) is 0.172. The zero-order chi connectivity index (χ0) is 13.4. The average molecular weight is 318 g/mol. The number of allylic oxidation sites excluding steroid dienone is 1. The summed E-state index contributed by atoms with van der Waals surface area (Å²) >= 11 is 0. The molecular weight excluding hydrogens is 308 g/mol. The molecule has 0 unspecified atom stereocenters. The van der Waals surface area contributed by atoms with Crippen LogP contribution in [0.5, 0.6) is 0 Å². The Kier molecular flexibility index (Phi) is 6.01. The van der Waals surface area contributed by atoms with Crippen LogP contribution in [0.1, 0.15) is 12.5 Å². The third-order valence-electron chi connectivity index (χ3n) is 1.97. The fraction of sp³-hybridized carbons (Fsp3) is 0.111. The van der Waals surface area contributed by atoms with Gasteiger partial charge in [-0.2, -0.15) is 16.8 Å². The maximum atomic E-state index is 11.2. The summed E-state index contributed by atoms with van der Waals surface area (Å²) in [6, 6.07) is 3.40. The van der Waals surface area contributed by atoms with E-state index in [1.54, 1.807) is 0 Å². The van der Waals surface area contributed by atoms with Crippen molar-refractivity contribution in [3.05, 3.63) is 30.3 Å². The van der Waals surface area contributed by atoms with Gasteiger partial charge in [0.05, 0.1) is 0 Å². The summed E-state index contributed by atoms with van der Waals surface area (Å²) in [6.45, 7) is 4.91. The topological polar surface area (TPSA) is 109 Å². The van der Waals surface area contributed by atoms with E-state index in [0.717, 1.165) is 6.07 Å². The van der Waals surface area contributed by atoms with Gasteiger partial charge in [0.15, 0.2) is 0 Å². The van der Waals surface area contributed by atoms with Gasteiger partial charge in [0.2, 0.25) is 0 Å². The van der Waals surface area contributed by atoms with Crippen LogP contribution in [0.15, 0.2) is 34.6 Å². The predicted octanol–water partition coefficient (Wildman–Crippen LogP) is 0.832. The molecule has 0 saturated heterocycles. The smallest absolute Gasteiger partial charge is 0.282 e. The molecule has 0 atom stereocenters. The summed E-state index contributed by atoms with van der Waals surface area (Å²) < 4.78 is 62.3. The first-order valence-corrected chi connectivity index (χ1v) is 7.17. The molecule has 0 fully saturated rings. The van der Waals surface area contributed by atoms with Crippen molar-refractivity contribution in [2.24, 2.45) is 0 Å². The first-order chi connectivity index (χ1) is 7.55. The summed E-state index contributed by atoms with van der Waals surface area (Å²) in [6.07, 6.45) is 0. The van der Waals surface area contributed by atoms with E-state index >= 15 is 0 Å². The second-order valence-corrected chi connectivity index (χ2v) is 6.11. The van der Waals surface area contributed by atoms with E-state index in [9.17, 15) is 16.8 Å².